The van der Waals surface area contributed by atoms with Crippen LogP contribution in [0.2, 0.25) is 0 Å². The molecule has 1 aliphatic heterocycles. The molecular formula is C16H24N2O3S2. The number of hydrogen-bond donors (Lipinski definition) is 1. The van der Waals surface area contributed by atoms with Gasteiger partial charge in [0.2, 0.25) is 15.9 Å². The Morgan fingerprint density at radius 3 is 2.52 bits per heavy atom. The third-order valence-electron chi connectivity index (χ3n) is 5.09. The molecule has 2 aliphatic rings. The summed E-state index contributed by atoms with van der Waals surface area (Å²) >= 11 is 1.23. The van der Waals surface area contributed by atoms with Crippen LogP contribution >= 0.6 is 11.3 Å². The summed E-state index contributed by atoms with van der Waals surface area (Å²) in [5.74, 6) is 0.259. The molecule has 0 aromatic carbocycles. The summed E-state index contributed by atoms with van der Waals surface area (Å²) in [6, 6.07) is 3.28. The second kappa shape index (κ2) is 6.53. The minimum atomic E-state index is -3.42. The highest BCUT2D eigenvalue weighted by Gasteiger charge is 2.40. The molecule has 128 valence electrons. The molecule has 1 aromatic heterocycles. The van der Waals surface area contributed by atoms with Crippen molar-refractivity contribution in [3.8, 4) is 0 Å². The molecule has 1 N–H and O–H groups in total. The number of carbonyl (C=O) groups excluding carboxylic acids is 1. The van der Waals surface area contributed by atoms with Crippen molar-refractivity contribution in [3.63, 3.8) is 0 Å². The van der Waals surface area contributed by atoms with E-state index in [2.05, 4.69) is 11.6 Å². The number of rotatable bonds is 4. The van der Waals surface area contributed by atoms with Gasteiger partial charge in [0.25, 0.3) is 0 Å². The molecular weight excluding hydrogens is 332 g/mol. The maximum Gasteiger partial charge on any atom is 0.250 e. The van der Waals surface area contributed by atoms with Gasteiger partial charge in [0, 0.05) is 24.5 Å². The Morgan fingerprint density at radius 2 is 1.96 bits per heavy atom. The van der Waals surface area contributed by atoms with Crippen LogP contribution in [0.5, 0.6) is 0 Å². The van der Waals surface area contributed by atoms with E-state index in [0.29, 0.717) is 30.1 Å². The van der Waals surface area contributed by atoms with Gasteiger partial charge in [-0.25, -0.2) is 13.1 Å². The van der Waals surface area contributed by atoms with Gasteiger partial charge in [-0.2, -0.15) is 0 Å². The van der Waals surface area contributed by atoms with Gasteiger partial charge in [0.1, 0.15) is 4.21 Å². The monoisotopic (exact) mass is 356 g/mol. The Morgan fingerprint density at radius 1 is 1.30 bits per heavy atom. The largest absolute Gasteiger partial charge is 0.342 e. The van der Waals surface area contributed by atoms with E-state index in [9.17, 15) is 13.2 Å². The molecule has 3 rings (SSSR count). The number of carbonyl (C=O) groups is 1. The molecule has 1 saturated heterocycles. The summed E-state index contributed by atoms with van der Waals surface area (Å²) < 4.78 is 27.6. The fourth-order valence-corrected chi connectivity index (χ4v) is 5.96. The molecule has 2 fully saturated rings. The Labute approximate surface area is 142 Å². The van der Waals surface area contributed by atoms with E-state index in [0.717, 1.165) is 25.7 Å². The molecule has 1 aliphatic carbocycles. The third kappa shape index (κ3) is 3.61. The molecule has 23 heavy (non-hydrogen) atoms. The van der Waals surface area contributed by atoms with Gasteiger partial charge in [0.15, 0.2) is 0 Å². The second-order valence-corrected chi connectivity index (χ2v) is 9.78. The van der Waals surface area contributed by atoms with Crippen molar-refractivity contribution in [2.24, 2.45) is 5.41 Å². The first kappa shape index (κ1) is 16.9. The Bertz CT molecular complexity index is 641. The van der Waals surface area contributed by atoms with Gasteiger partial charge >= 0.3 is 0 Å². The predicted molar refractivity (Wildman–Crippen MR) is 90.8 cm³/mol. The van der Waals surface area contributed by atoms with Gasteiger partial charge < -0.3 is 4.90 Å². The van der Waals surface area contributed by atoms with Crippen LogP contribution in [0.25, 0.3) is 0 Å². The predicted octanol–water partition coefficient (Wildman–Crippen LogP) is 2.60. The fourth-order valence-electron chi connectivity index (χ4n) is 3.65. The van der Waals surface area contributed by atoms with E-state index in [1.807, 2.05) is 4.90 Å². The SMILES string of the molecule is CC1(C(=O)N2CCC(NS(=O)(=O)c3cccs3)CC2)CCCC1. The van der Waals surface area contributed by atoms with E-state index in [1.165, 1.54) is 11.3 Å². The number of nitrogens with one attached hydrogen (secondary N) is 1. The lowest BCUT2D eigenvalue weighted by Crippen LogP contribution is -2.49. The Balaban J connectivity index is 1.56. The molecule has 0 spiro atoms. The summed E-state index contributed by atoms with van der Waals surface area (Å²) in [7, 11) is -3.42. The van der Waals surface area contributed by atoms with Crippen molar-refractivity contribution in [1.29, 1.82) is 0 Å². The van der Waals surface area contributed by atoms with Gasteiger partial charge in [-0.3, -0.25) is 4.79 Å². The quantitative estimate of drug-likeness (QED) is 0.902. The average molecular weight is 357 g/mol. The standard InChI is InChI=1S/C16H24N2O3S2/c1-16(8-2-3-9-16)15(19)18-10-6-13(7-11-18)17-23(20,21)14-5-4-12-22-14/h4-5,12-13,17H,2-3,6-11H2,1H3. The van der Waals surface area contributed by atoms with Crippen LogP contribution in [-0.4, -0.2) is 38.4 Å². The second-order valence-electron chi connectivity index (χ2n) is 6.89. The molecule has 1 aromatic rings. The number of thiophene rings is 1. The highest BCUT2D eigenvalue weighted by Crippen LogP contribution is 2.39. The summed E-state index contributed by atoms with van der Waals surface area (Å²) in [6.45, 7) is 3.37. The Hall–Kier alpha value is -0.920. The van der Waals surface area contributed by atoms with Crippen molar-refractivity contribution in [2.45, 2.75) is 55.7 Å². The first-order valence-corrected chi connectivity index (χ1v) is 10.6. The van der Waals surface area contributed by atoms with Gasteiger partial charge in [0.05, 0.1) is 0 Å². The summed E-state index contributed by atoms with van der Waals surface area (Å²) in [4.78, 5) is 14.6. The molecule has 1 saturated carbocycles. The molecule has 0 bridgehead atoms. The zero-order valence-corrected chi connectivity index (χ0v) is 15.1. The van der Waals surface area contributed by atoms with Crippen LogP contribution < -0.4 is 4.72 Å². The lowest BCUT2D eigenvalue weighted by atomic mass is 9.86. The van der Waals surface area contributed by atoms with E-state index in [1.54, 1.807) is 17.5 Å². The first-order valence-electron chi connectivity index (χ1n) is 8.26. The van der Waals surface area contributed by atoms with E-state index >= 15 is 0 Å². The van der Waals surface area contributed by atoms with Crippen LogP contribution in [0.1, 0.15) is 45.4 Å². The molecule has 1 amide bonds. The number of sulfonamides is 1. The molecule has 5 nitrogen and oxygen atoms in total. The van der Waals surface area contributed by atoms with Crippen molar-refractivity contribution in [3.05, 3.63) is 17.5 Å². The lowest BCUT2D eigenvalue weighted by Gasteiger charge is -2.37. The summed E-state index contributed by atoms with van der Waals surface area (Å²) in [5, 5.41) is 1.76. The molecule has 2 heterocycles. The number of nitrogens with zero attached hydrogens (tertiary/aromatic N) is 1. The number of piperidine rings is 1. The first-order chi connectivity index (χ1) is 10.9. The normalized spacial score (nSPS) is 22.4. The molecule has 7 heteroatoms. The number of hydrogen-bond acceptors (Lipinski definition) is 4. The van der Waals surface area contributed by atoms with Crippen LogP contribution in [0.15, 0.2) is 21.7 Å². The number of amides is 1. The Kier molecular flexibility index (Phi) is 4.80. The minimum Gasteiger partial charge on any atom is -0.342 e. The highest BCUT2D eigenvalue weighted by atomic mass is 32.2. The molecule has 0 radical (unpaired) electrons. The van der Waals surface area contributed by atoms with Gasteiger partial charge in [-0.05, 0) is 37.1 Å². The van der Waals surface area contributed by atoms with Gasteiger partial charge in [-0.1, -0.05) is 25.8 Å². The topological polar surface area (TPSA) is 66.5 Å². The molecule has 0 atom stereocenters. The summed E-state index contributed by atoms with van der Waals surface area (Å²) in [6.07, 6.45) is 5.62. The van der Waals surface area contributed by atoms with Gasteiger partial charge in [-0.15, -0.1) is 11.3 Å². The summed E-state index contributed by atoms with van der Waals surface area (Å²) in [5.41, 5.74) is -0.191. The van der Waals surface area contributed by atoms with Crippen LogP contribution in [0, 0.1) is 5.41 Å². The zero-order valence-electron chi connectivity index (χ0n) is 13.5. The zero-order chi connectivity index (χ0) is 16.5. The smallest absolute Gasteiger partial charge is 0.250 e. The highest BCUT2D eigenvalue weighted by molar-refractivity contribution is 7.91. The van der Waals surface area contributed by atoms with Crippen molar-refractivity contribution in [2.75, 3.05) is 13.1 Å². The number of likely N-dealkylation sites (tertiary alicyclic amines) is 1. The van der Waals surface area contributed by atoms with Crippen LogP contribution in [-0.2, 0) is 14.8 Å². The fraction of sp³-hybridized carbons (Fsp3) is 0.688. The van der Waals surface area contributed by atoms with Crippen LogP contribution in [0.4, 0.5) is 0 Å². The van der Waals surface area contributed by atoms with Crippen molar-refractivity contribution >= 4 is 27.3 Å². The van der Waals surface area contributed by atoms with Crippen molar-refractivity contribution in [1.82, 2.24) is 9.62 Å². The third-order valence-corrected chi connectivity index (χ3v) is 8.01. The average Bonchev–Trinajstić information content (AvgIpc) is 3.19. The van der Waals surface area contributed by atoms with E-state index in [4.69, 9.17) is 0 Å². The maximum atomic E-state index is 12.7. The van der Waals surface area contributed by atoms with E-state index < -0.39 is 10.0 Å². The van der Waals surface area contributed by atoms with E-state index in [-0.39, 0.29) is 17.4 Å². The van der Waals surface area contributed by atoms with Crippen LogP contribution in [0.3, 0.4) is 0 Å². The lowest BCUT2D eigenvalue weighted by molar-refractivity contribution is -0.142. The van der Waals surface area contributed by atoms with Crippen molar-refractivity contribution < 1.29 is 13.2 Å². The maximum absolute atomic E-state index is 12.7. The molecule has 0 unspecified atom stereocenters. The minimum absolute atomic E-state index is 0.0810.